The fourth-order valence-corrected chi connectivity index (χ4v) is 1.71. The molecule has 1 aromatic rings. The first-order valence-electron chi connectivity index (χ1n) is 5.01. The van der Waals surface area contributed by atoms with Crippen LogP contribution >= 0.6 is 0 Å². The third kappa shape index (κ3) is 1.57. The molecule has 2 rings (SSSR count). The second kappa shape index (κ2) is 3.53. The Morgan fingerprint density at radius 2 is 2.36 bits per heavy atom. The van der Waals surface area contributed by atoms with Crippen molar-refractivity contribution in [2.45, 2.75) is 32.9 Å². The minimum atomic E-state index is 0.00227. The summed E-state index contributed by atoms with van der Waals surface area (Å²) < 4.78 is 1.56. The van der Waals surface area contributed by atoms with Gasteiger partial charge in [0.2, 0.25) is 0 Å². The normalized spacial score (nSPS) is 15.6. The van der Waals surface area contributed by atoms with Crippen LogP contribution in [0.5, 0.6) is 0 Å². The van der Waals surface area contributed by atoms with Crippen LogP contribution in [0.1, 0.15) is 31.1 Å². The number of hydrogen-bond acceptors (Lipinski definition) is 3. The van der Waals surface area contributed by atoms with Gasteiger partial charge in [-0.3, -0.25) is 4.79 Å². The van der Waals surface area contributed by atoms with Gasteiger partial charge in [-0.15, -0.1) is 0 Å². The van der Waals surface area contributed by atoms with Crippen LogP contribution in [0.2, 0.25) is 0 Å². The summed E-state index contributed by atoms with van der Waals surface area (Å²) in [6, 6.07) is 1.84. The van der Waals surface area contributed by atoms with Crippen LogP contribution in [0.25, 0.3) is 0 Å². The van der Waals surface area contributed by atoms with Crippen molar-refractivity contribution in [2.75, 3.05) is 6.54 Å². The highest BCUT2D eigenvalue weighted by Crippen LogP contribution is 2.09. The smallest absolute Gasteiger partial charge is 0.267 e. The van der Waals surface area contributed by atoms with Gasteiger partial charge in [0.25, 0.3) is 5.56 Å². The van der Waals surface area contributed by atoms with Crippen molar-refractivity contribution in [1.29, 1.82) is 0 Å². The first-order valence-corrected chi connectivity index (χ1v) is 5.01. The van der Waals surface area contributed by atoms with E-state index in [4.69, 9.17) is 0 Å². The molecule has 0 fully saturated rings. The van der Waals surface area contributed by atoms with E-state index < -0.39 is 0 Å². The maximum absolute atomic E-state index is 11.6. The molecule has 0 saturated carbocycles. The van der Waals surface area contributed by atoms with Crippen LogP contribution in [0, 0.1) is 0 Å². The van der Waals surface area contributed by atoms with Crippen LogP contribution in [-0.2, 0) is 13.0 Å². The molecular weight excluding hydrogens is 178 g/mol. The lowest BCUT2D eigenvalue weighted by atomic mass is 10.1. The quantitative estimate of drug-likeness (QED) is 0.705. The first kappa shape index (κ1) is 9.40. The molecule has 0 aliphatic carbocycles. The largest absolute Gasteiger partial charge is 0.312 e. The third-order valence-corrected chi connectivity index (χ3v) is 2.47. The summed E-state index contributed by atoms with van der Waals surface area (Å²) in [6.07, 6.45) is 0.919. The number of nitrogens with zero attached hydrogens (tertiary/aromatic N) is 2. The SMILES string of the molecule is CC(C)n1nc2c(cc1=O)CNCC2. The van der Waals surface area contributed by atoms with Gasteiger partial charge in [-0.1, -0.05) is 0 Å². The molecular formula is C10H15N3O. The average molecular weight is 193 g/mol. The summed E-state index contributed by atoms with van der Waals surface area (Å²) in [6.45, 7) is 5.68. The number of hydrogen-bond donors (Lipinski definition) is 1. The van der Waals surface area contributed by atoms with Crippen molar-refractivity contribution >= 4 is 0 Å². The van der Waals surface area contributed by atoms with E-state index in [-0.39, 0.29) is 11.6 Å². The number of rotatable bonds is 1. The molecule has 1 aliphatic rings. The van der Waals surface area contributed by atoms with Gasteiger partial charge in [0.1, 0.15) is 0 Å². The van der Waals surface area contributed by atoms with E-state index in [1.54, 1.807) is 10.7 Å². The summed E-state index contributed by atoms with van der Waals surface area (Å²) in [5.74, 6) is 0. The minimum Gasteiger partial charge on any atom is -0.312 e. The van der Waals surface area contributed by atoms with E-state index in [9.17, 15) is 4.79 Å². The van der Waals surface area contributed by atoms with E-state index in [0.29, 0.717) is 0 Å². The van der Waals surface area contributed by atoms with Crippen molar-refractivity contribution < 1.29 is 0 Å². The van der Waals surface area contributed by atoms with Crippen LogP contribution in [-0.4, -0.2) is 16.3 Å². The molecule has 0 amide bonds. The fraction of sp³-hybridized carbons (Fsp3) is 0.600. The molecule has 0 spiro atoms. The molecule has 0 bridgehead atoms. The van der Waals surface area contributed by atoms with Gasteiger partial charge >= 0.3 is 0 Å². The number of nitrogens with one attached hydrogen (secondary N) is 1. The predicted octanol–water partition coefficient (Wildman–Crippen LogP) is 0.470. The summed E-state index contributed by atoms with van der Waals surface area (Å²) in [7, 11) is 0. The maximum Gasteiger partial charge on any atom is 0.267 e. The molecule has 14 heavy (non-hydrogen) atoms. The van der Waals surface area contributed by atoms with Crippen molar-refractivity contribution in [2.24, 2.45) is 0 Å². The second-order valence-electron chi connectivity index (χ2n) is 3.92. The molecule has 1 N–H and O–H groups in total. The van der Waals surface area contributed by atoms with E-state index in [1.807, 2.05) is 13.8 Å². The standard InChI is InChI=1S/C10H15N3O/c1-7(2)13-10(14)5-8-6-11-4-3-9(8)12-13/h5,7,11H,3-4,6H2,1-2H3. The summed E-state index contributed by atoms with van der Waals surface area (Å²) in [4.78, 5) is 11.6. The highest BCUT2D eigenvalue weighted by atomic mass is 16.1. The molecule has 0 radical (unpaired) electrons. The molecule has 0 atom stereocenters. The molecule has 0 unspecified atom stereocenters. The highest BCUT2D eigenvalue weighted by molar-refractivity contribution is 5.20. The first-order chi connectivity index (χ1) is 6.68. The van der Waals surface area contributed by atoms with Gasteiger partial charge in [0.05, 0.1) is 11.7 Å². The second-order valence-corrected chi connectivity index (χ2v) is 3.92. The zero-order chi connectivity index (χ0) is 10.1. The van der Waals surface area contributed by atoms with Crippen LogP contribution < -0.4 is 10.9 Å². The molecule has 76 valence electrons. The van der Waals surface area contributed by atoms with Crippen molar-refractivity contribution in [3.8, 4) is 0 Å². The van der Waals surface area contributed by atoms with Gasteiger partial charge in [0, 0.05) is 25.6 Å². The molecule has 1 aliphatic heterocycles. The number of fused-ring (bicyclic) bond motifs is 1. The monoisotopic (exact) mass is 193 g/mol. The van der Waals surface area contributed by atoms with Gasteiger partial charge < -0.3 is 5.32 Å². The van der Waals surface area contributed by atoms with Crippen molar-refractivity contribution in [1.82, 2.24) is 15.1 Å². The molecule has 0 aromatic carbocycles. The van der Waals surface area contributed by atoms with E-state index in [0.717, 1.165) is 30.8 Å². The maximum atomic E-state index is 11.6. The summed E-state index contributed by atoms with van der Waals surface area (Å²) in [5, 5.41) is 7.61. The number of aromatic nitrogens is 2. The summed E-state index contributed by atoms with van der Waals surface area (Å²) in [5.41, 5.74) is 2.12. The van der Waals surface area contributed by atoms with E-state index in [2.05, 4.69) is 10.4 Å². The van der Waals surface area contributed by atoms with Crippen LogP contribution in [0.15, 0.2) is 10.9 Å². The lowest BCUT2D eigenvalue weighted by Gasteiger charge is -2.18. The third-order valence-electron chi connectivity index (χ3n) is 2.47. The fourth-order valence-electron chi connectivity index (χ4n) is 1.71. The Kier molecular flexibility index (Phi) is 2.37. The van der Waals surface area contributed by atoms with E-state index in [1.165, 1.54) is 0 Å². The molecule has 0 saturated heterocycles. The molecule has 1 aromatic heterocycles. The Balaban J connectivity index is 2.51. The zero-order valence-corrected chi connectivity index (χ0v) is 8.58. The highest BCUT2D eigenvalue weighted by Gasteiger charge is 2.13. The Bertz CT molecular complexity index is 395. The van der Waals surface area contributed by atoms with Gasteiger partial charge in [-0.25, -0.2) is 4.68 Å². The van der Waals surface area contributed by atoms with Crippen LogP contribution in [0.4, 0.5) is 0 Å². The predicted molar refractivity (Wildman–Crippen MR) is 54.3 cm³/mol. The van der Waals surface area contributed by atoms with Gasteiger partial charge in [-0.05, 0) is 19.4 Å². The van der Waals surface area contributed by atoms with Crippen LogP contribution in [0.3, 0.4) is 0 Å². The van der Waals surface area contributed by atoms with Crippen molar-refractivity contribution in [3.63, 3.8) is 0 Å². The lowest BCUT2D eigenvalue weighted by Crippen LogP contribution is -2.32. The topological polar surface area (TPSA) is 46.9 Å². The van der Waals surface area contributed by atoms with Crippen molar-refractivity contribution in [3.05, 3.63) is 27.7 Å². The Labute approximate surface area is 82.9 Å². The Hall–Kier alpha value is -1.16. The minimum absolute atomic E-state index is 0.00227. The summed E-state index contributed by atoms with van der Waals surface area (Å²) >= 11 is 0. The molecule has 4 nitrogen and oxygen atoms in total. The zero-order valence-electron chi connectivity index (χ0n) is 8.58. The van der Waals surface area contributed by atoms with E-state index >= 15 is 0 Å². The van der Waals surface area contributed by atoms with Gasteiger partial charge in [-0.2, -0.15) is 5.10 Å². The molecule has 4 heteroatoms. The Morgan fingerprint density at radius 3 is 3.07 bits per heavy atom. The van der Waals surface area contributed by atoms with Gasteiger partial charge in [0.15, 0.2) is 0 Å². The molecule has 2 heterocycles. The Morgan fingerprint density at radius 1 is 1.57 bits per heavy atom. The average Bonchev–Trinajstić information content (AvgIpc) is 2.16. The lowest BCUT2D eigenvalue weighted by molar-refractivity contribution is 0.478.